The molecule has 6 rings (SSSR count). The number of carbonyl (C=O) groups is 1. The van der Waals surface area contributed by atoms with Gasteiger partial charge in [0.1, 0.15) is 0 Å². The van der Waals surface area contributed by atoms with E-state index in [1.165, 1.54) is 0 Å². The van der Waals surface area contributed by atoms with Gasteiger partial charge in [-0.2, -0.15) is 11.3 Å². The highest BCUT2D eigenvalue weighted by atomic mass is 32.1. The van der Waals surface area contributed by atoms with Gasteiger partial charge in [0.05, 0.1) is 30.2 Å². The fourth-order valence-corrected chi connectivity index (χ4v) is 7.39. The minimum atomic E-state index is -1.07. The molecule has 38 heavy (non-hydrogen) atoms. The van der Waals surface area contributed by atoms with Crippen LogP contribution >= 0.6 is 11.3 Å². The molecule has 2 amide bonds. The molecule has 1 aliphatic carbocycles. The molecule has 0 radical (unpaired) electrons. The zero-order chi connectivity index (χ0) is 26.2. The molecule has 2 aromatic heterocycles. The maximum atomic E-state index is 13.9. The van der Waals surface area contributed by atoms with E-state index in [4.69, 9.17) is 0 Å². The highest BCUT2D eigenvalue weighted by molar-refractivity contribution is 7.08. The number of piperidine rings is 1. The molecule has 2 N–H and O–H groups in total. The van der Waals surface area contributed by atoms with E-state index in [1.54, 1.807) is 28.3 Å². The highest BCUT2D eigenvalue weighted by Crippen LogP contribution is 2.51. The number of likely N-dealkylation sites (tertiary alicyclic amines) is 1. The van der Waals surface area contributed by atoms with E-state index in [2.05, 4.69) is 22.4 Å². The number of piperazine rings is 1. The molecule has 9 heteroatoms. The first kappa shape index (κ1) is 25.3. The van der Waals surface area contributed by atoms with Crippen LogP contribution in [0, 0.1) is 5.41 Å². The van der Waals surface area contributed by atoms with Crippen LogP contribution in [0.15, 0.2) is 64.3 Å². The number of urea groups is 1. The Kier molecular flexibility index (Phi) is 6.84. The lowest BCUT2D eigenvalue weighted by Gasteiger charge is -2.53. The van der Waals surface area contributed by atoms with Gasteiger partial charge in [-0.25, -0.2) is 9.78 Å². The number of thiophene rings is 1. The Morgan fingerprint density at radius 3 is 2.68 bits per heavy atom. The Balaban J connectivity index is 1.23. The van der Waals surface area contributed by atoms with Gasteiger partial charge in [0.15, 0.2) is 0 Å². The molecule has 200 valence electrons. The first-order chi connectivity index (χ1) is 18.5. The molecule has 4 heterocycles. The molecule has 0 bridgehead atoms. The molecule has 3 aliphatic rings. The van der Waals surface area contributed by atoms with Crippen molar-refractivity contribution < 1.29 is 9.90 Å². The third-order valence-electron chi connectivity index (χ3n) is 8.91. The monoisotopic (exact) mass is 533 g/mol. The number of aromatic nitrogens is 2. The van der Waals surface area contributed by atoms with Gasteiger partial charge in [-0.1, -0.05) is 43.2 Å². The predicted octanol–water partition coefficient (Wildman–Crippen LogP) is 3.74. The summed E-state index contributed by atoms with van der Waals surface area (Å²) in [4.78, 5) is 35.4. The van der Waals surface area contributed by atoms with E-state index in [9.17, 15) is 14.7 Å². The number of rotatable bonds is 4. The molecule has 1 aromatic carbocycles. The quantitative estimate of drug-likeness (QED) is 0.533. The van der Waals surface area contributed by atoms with Crippen molar-refractivity contribution in [2.45, 2.75) is 50.3 Å². The Morgan fingerprint density at radius 2 is 1.95 bits per heavy atom. The summed E-state index contributed by atoms with van der Waals surface area (Å²) in [6.45, 7) is 3.35. The molecular weight excluding hydrogens is 498 g/mol. The maximum absolute atomic E-state index is 13.9. The number of aliphatic hydroxyl groups is 1. The molecule has 1 spiro atoms. The van der Waals surface area contributed by atoms with Crippen molar-refractivity contribution >= 4 is 17.4 Å². The molecule has 3 aromatic rings. The number of hydrogen-bond acceptors (Lipinski definition) is 6. The molecule has 2 atom stereocenters. The average molecular weight is 534 g/mol. The van der Waals surface area contributed by atoms with Crippen molar-refractivity contribution in [1.29, 1.82) is 0 Å². The lowest BCUT2D eigenvalue weighted by Crippen LogP contribution is -2.64. The third kappa shape index (κ3) is 4.57. The van der Waals surface area contributed by atoms with Gasteiger partial charge >= 0.3 is 6.03 Å². The van der Waals surface area contributed by atoms with E-state index in [0.717, 1.165) is 49.9 Å². The van der Waals surface area contributed by atoms with E-state index >= 15 is 0 Å². The van der Waals surface area contributed by atoms with Crippen LogP contribution in [0.5, 0.6) is 0 Å². The second-order valence-corrected chi connectivity index (χ2v) is 11.8. The lowest BCUT2D eigenvalue weighted by molar-refractivity contribution is -0.137. The van der Waals surface area contributed by atoms with Gasteiger partial charge < -0.3 is 20.2 Å². The van der Waals surface area contributed by atoms with Crippen LogP contribution in [0.4, 0.5) is 4.79 Å². The summed E-state index contributed by atoms with van der Waals surface area (Å²) in [6, 6.07) is 13.7. The number of carbonyl (C=O) groups excluding carboxylic acids is 1. The Morgan fingerprint density at radius 1 is 1.13 bits per heavy atom. The summed E-state index contributed by atoms with van der Waals surface area (Å²) in [5.41, 5.74) is 1.06. The second kappa shape index (κ2) is 10.3. The molecule has 8 nitrogen and oxygen atoms in total. The van der Waals surface area contributed by atoms with Crippen molar-refractivity contribution in [2.75, 3.05) is 32.7 Å². The summed E-state index contributed by atoms with van der Waals surface area (Å²) in [6.07, 6.45) is 5.76. The van der Waals surface area contributed by atoms with Gasteiger partial charge in [-0.3, -0.25) is 9.36 Å². The summed E-state index contributed by atoms with van der Waals surface area (Å²) in [7, 11) is 0. The van der Waals surface area contributed by atoms with Crippen molar-refractivity contribution in [3.8, 4) is 11.3 Å². The number of benzene rings is 1. The maximum Gasteiger partial charge on any atom is 0.320 e. The van der Waals surface area contributed by atoms with E-state index in [1.807, 2.05) is 44.8 Å². The molecule has 2 aliphatic heterocycles. The van der Waals surface area contributed by atoms with Crippen molar-refractivity contribution in [1.82, 2.24) is 24.7 Å². The first-order valence-corrected chi connectivity index (χ1v) is 14.6. The average Bonchev–Trinajstić information content (AvgIpc) is 3.66. The van der Waals surface area contributed by atoms with Crippen LogP contribution in [-0.4, -0.2) is 68.8 Å². The van der Waals surface area contributed by atoms with Crippen LogP contribution in [0.2, 0.25) is 0 Å². The van der Waals surface area contributed by atoms with E-state index in [-0.39, 0.29) is 24.2 Å². The fraction of sp³-hybridized carbons (Fsp3) is 0.483. The number of amides is 2. The summed E-state index contributed by atoms with van der Waals surface area (Å²) >= 11 is 1.57. The molecule has 3 fully saturated rings. The Bertz CT molecular complexity index is 1320. The predicted molar refractivity (Wildman–Crippen MR) is 148 cm³/mol. The van der Waals surface area contributed by atoms with Crippen LogP contribution in [0.25, 0.3) is 11.3 Å². The highest BCUT2D eigenvalue weighted by Gasteiger charge is 2.56. The standard InChI is InChI=1S/C29H35N5O3S/c35-26-16-24(23-8-15-38-18-23)31-21-33(26)20-29(37)11-13-32(19-28(29)9-4-5-10-28)27(36)34-14-12-30-17-25(34)22-6-2-1-3-7-22/h1-3,6-8,15-16,18,21,25,30,37H,4-5,9-14,17,19-20H2. The van der Waals surface area contributed by atoms with Gasteiger partial charge in [-0.15, -0.1) is 0 Å². The normalized spacial score (nSPS) is 25.1. The van der Waals surface area contributed by atoms with Crippen molar-refractivity contribution in [3.05, 3.63) is 75.5 Å². The van der Waals surface area contributed by atoms with Gasteiger partial charge in [-0.05, 0) is 36.3 Å². The largest absolute Gasteiger partial charge is 0.387 e. The SMILES string of the molecule is O=C(N1CCC(O)(Cn2cnc(-c3ccsc3)cc2=O)C2(CCCC2)C1)N1CCNCC1c1ccccc1. The molecule has 2 saturated heterocycles. The number of nitrogens with one attached hydrogen (secondary N) is 1. The second-order valence-electron chi connectivity index (χ2n) is 11.0. The smallest absolute Gasteiger partial charge is 0.320 e. The number of nitrogens with zero attached hydrogens (tertiary/aromatic N) is 4. The minimum Gasteiger partial charge on any atom is -0.387 e. The molecule has 1 saturated carbocycles. The topological polar surface area (TPSA) is 90.7 Å². The summed E-state index contributed by atoms with van der Waals surface area (Å²) in [5.74, 6) is 0. The van der Waals surface area contributed by atoms with Crippen LogP contribution in [-0.2, 0) is 6.54 Å². The van der Waals surface area contributed by atoms with Crippen LogP contribution < -0.4 is 10.9 Å². The zero-order valence-corrected chi connectivity index (χ0v) is 22.4. The Hall–Kier alpha value is -3.01. The van der Waals surface area contributed by atoms with E-state index in [0.29, 0.717) is 31.7 Å². The van der Waals surface area contributed by atoms with Gasteiger partial charge in [0.25, 0.3) is 5.56 Å². The minimum absolute atomic E-state index is 0.0100. The van der Waals surface area contributed by atoms with Crippen LogP contribution in [0.3, 0.4) is 0 Å². The van der Waals surface area contributed by atoms with Gasteiger partial charge in [0.2, 0.25) is 0 Å². The zero-order valence-electron chi connectivity index (χ0n) is 21.6. The summed E-state index contributed by atoms with van der Waals surface area (Å²) in [5, 5.41) is 19.5. The third-order valence-corrected chi connectivity index (χ3v) is 9.59. The lowest BCUT2D eigenvalue weighted by atomic mass is 9.66. The molecular formula is C29H35N5O3S. The first-order valence-electron chi connectivity index (χ1n) is 13.6. The van der Waals surface area contributed by atoms with Crippen molar-refractivity contribution in [2.24, 2.45) is 5.41 Å². The van der Waals surface area contributed by atoms with Gasteiger partial charge in [0, 0.05) is 55.1 Å². The summed E-state index contributed by atoms with van der Waals surface area (Å²) < 4.78 is 1.55. The molecule has 2 unspecified atom stereocenters. The Labute approximate surface area is 226 Å². The van der Waals surface area contributed by atoms with E-state index < -0.39 is 11.0 Å². The van der Waals surface area contributed by atoms with Crippen LogP contribution in [0.1, 0.15) is 43.7 Å². The number of hydrogen-bond donors (Lipinski definition) is 2. The van der Waals surface area contributed by atoms with Crippen molar-refractivity contribution in [3.63, 3.8) is 0 Å². The fourth-order valence-electron chi connectivity index (χ4n) is 6.74.